The second-order valence-corrected chi connectivity index (χ2v) is 5.28. The standard InChI is InChI=1S/C11H10N2O4S/c14-11(15)7-13-18(16,17)10-5-1-4-9-8(10)3-2-6-12-9/h1-6,13H,7H2,(H,14,15). The number of hydrogen-bond donors (Lipinski definition) is 2. The Labute approximate surface area is 103 Å². The predicted molar refractivity (Wildman–Crippen MR) is 64.6 cm³/mol. The predicted octanol–water partition coefficient (Wildman–Crippen LogP) is 0.598. The Morgan fingerprint density at radius 2 is 2.06 bits per heavy atom. The van der Waals surface area contributed by atoms with Crippen LogP contribution in [0.25, 0.3) is 10.9 Å². The summed E-state index contributed by atoms with van der Waals surface area (Å²) >= 11 is 0. The highest BCUT2D eigenvalue weighted by atomic mass is 32.2. The quantitative estimate of drug-likeness (QED) is 0.844. The Kier molecular flexibility index (Phi) is 3.26. The molecule has 0 aliphatic rings. The van der Waals surface area contributed by atoms with Gasteiger partial charge in [0, 0.05) is 11.6 Å². The molecule has 0 bridgehead atoms. The molecule has 1 aromatic carbocycles. The summed E-state index contributed by atoms with van der Waals surface area (Å²) in [4.78, 5) is 14.5. The molecule has 0 saturated heterocycles. The van der Waals surface area contributed by atoms with E-state index in [-0.39, 0.29) is 4.90 Å². The van der Waals surface area contributed by atoms with Crippen molar-refractivity contribution in [3.63, 3.8) is 0 Å². The lowest BCUT2D eigenvalue weighted by Gasteiger charge is -2.07. The fraction of sp³-hybridized carbons (Fsp3) is 0.0909. The van der Waals surface area contributed by atoms with Crippen LogP contribution in [0.3, 0.4) is 0 Å². The second kappa shape index (κ2) is 4.71. The third kappa shape index (κ3) is 2.47. The van der Waals surface area contributed by atoms with Crippen molar-refractivity contribution in [2.45, 2.75) is 4.90 Å². The highest BCUT2D eigenvalue weighted by molar-refractivity contribution is 7.89. The zero-order chi connectivity index (χ0) is 13.2. The summed E-state index contributed by atoms with van der Waals surface area (Å²) in [5.74, 6) is -1.24. The first-order valence-electron chi connectivity index (χ1n) is 5.06. The molecule has 2 aromatic rings. The number of sulfonamides is 1. The van der Waals surface area contributed by atoms with Crippen molar-refractivity contribution in [2.75, 3.05) is 6.54 Å². The number of nitrogens with zero attached hydrogens (tertiary/aromatic N) is 1. The van der Waals surface area contributed by atoms with Crippen molar-refractivity contribution < 1.29 is 18.3 Å². The minimum Gasteiger partial charge on any atom is -0.480 e. The van der Waals surface area contributed by atoms with E-state index < -0.39 is 22.5 Å². The number of benzene rings is 1. The topological polar surface area (TPSA) is 96.4 Å². The maximum Gasteiger partial charge on any atom is 0.318 e. The van der Waals surface area contributed by atoms with Crippen LogP contribution in [-0.4, -0.2) is 31.0 Å². The summed E-state index contributed by atoms with van der Waals surface area (Å²) in [5.41, 5.74) is 0.538. The Morgan fingerprint density at radius 3 is 2.78 bits per heavy atom. The van der Waals surface area contributed by atoms with E-state index in [1.54, 1.807) is 30.5 Å². The van der Waals surface area contributed by atoms with E-state index in [2.05, 4.69) is 4.98 Å². The van der Waals surface area contributed by atoms with Gasteiger partial charge in [-0.3, -0.25) is 9.78 Å². The van der Waals surface area contributed by atoms with Gasteiger partial charge in [0.25, 0.3) is 0 Å². The van der Waals surface area contributed by atoms with Crippen LogP contribution in [0, 0.1) is 0 Å². The third-order valence-corrected chi connectivity index (χ3v) is 3.77. The number of hydrogen-bond acceptors (Lipinski definition) is 4. The van der Waals surface area contributed by atoms with Gasteiger partial charge in [0.1, 0.15) is 6.54 Å². The molecule has 18 heavy (non-hydrogen) atoms. The Bertz CT molecular complexity index is 692. The molecule has 94 valence electrons. The largest absolute Gasteiger partial charge is 0.480 e. The molecule has 7 heteroatoms. The monoisotopic (exact) mass is 266 g/mol. The Morgan fingerprint density at radius 1 is 1.28 bits per heavy atom. The minimum atomic E-state index is -3.85. The van der Waals surface area contributed by atoms with Gasteiger partial charge in [-0.15, -0.1) is 0 Å². The Hall–Kier alpha value is -1.99. The molecule has 0 atom stereocenters. The molecule has 2 N–H and O–H groups in total. The molecule has 0 saturated carbocycles. The first kappa shape index (κ1) is 12.5. The summed E-state index contributed by atoms with van der Waals surface area (Å²) < 4.78 is 25.9. The molecular formula is C11H10N2O4S. The highest BCUT2D eigenvalue weighted by Gasteiger charge is 2.18. The van der Waals surface area contributed by atoms with Crippen molar-refractivity contribution >= 4 is 26.9 Å². The van der Waals surface area contributed by atoms with E-state index >= 15 is 0 Å². The first-order chi connectivity index (χ1) is 8.50. The van der Waals surface area contributed by atoms with Crippen LogP contribution in [0.1, 0.15) is 0 Å². The Balaban J connectivity index is 2.50. The lowest BCUT2D eigenvalue weighted by molar-refractivity contribution is -0.135. The van der Waals surface area contributed by atoms with Crippen LogP contribution < -0.4 is 4.72 Å². The number of fused-ring (bicyclic) bond motifs is 1. The number of aliphatic carboxylic acids is 1. The molecule has 0 fully saturated rings. The van der Waals surface area contributed by atoms with Gasteiger partial charge in [0.15, 0.2) is 0 Å². The lowest BCUT2D eigenvalue weighted by atomic mass is 10.2. The molecule has 2 rings (SSSR count). The van der Waals surface area contributed by atoms with Gasteiger partial charge in [0.05, 0.1) is 10.4 Å². The smallest absolute Gasteiger partial charge is 0.318 e. The molecule has 0 radical (unpaired) electrons. The summed E-state index contributed by atoms with van der Waals surface area (Å²) in [6.07, 6.45) is 1.56. The fourth-order valence-electron chi connectivity index (χ4n) is 1.54. The fourth-order valence-corrected chi connectivity index (χ4v) is 2.73. The van der Waals surface area contributed by atoms with E-state index in [1.807, 2.05) is 4.72 Å². The van der Waals surface area contributed by atoms with E-state index in [0.717, 1.165) is 0 Å². The van der Waals surface area contributed by atoms with E-state index in [4.69, 9.17) is 5.11 Å². The number of carboxylic acid groups (broad SMARTS) is 1. The van der Waals surface area contributed by atoms with Crippen LogP contribution in [0.5, 0.6) is 0 Å². The van der Waals surface area contributed by atoms with Crippen LogP contribution in [0.2, 0.25) is 0 Å². The van der Waals surface area contributed by atoms with E-state index in [1.165, 1.54) is 6.07 Å². The summed E-state index contributed by atoms with van der Waals surface area (Å²) in [6.45, 7) is -0.654. The van der Waals surface area contributed by atoms with Crippen molar-refractivity contribution in [3.05, 3.63) is 36.5 Å². The zero-order valence-electron chi connectivity index (χ0n) is 9.20. The van der Waals surface area contributed by atoms with E-state index in [0.29, 0.717) is 10.9 Å². The molecule has 0 aliphatic carbocycles. The maximum atomic E-state index is 11.9. The normalized spacial score (nSPS) is 11.6. The third-order valence-electron chi connectivity index (χ3n) is 2.31. The number of pyridine rings is 1. The maximum absolute atomic E-state index is 11.9. The van der Waals surface area contributed by atoms with Gasteiger partial charge >= 0.3 is 5.97 Å². The average Bonchev–Trinajstić information content (AvgIpc) is 2.36. The van der Waals surface area contributed by atoms with Gasteiger partial charge in [-0.2, -0.15) is 4.72 Å². The van der Waals surface area contributed by atoms with Gasteiger partial charge in [0.2, 0.25) is 10.0 Å². The van der Waals surface area contributed by atoms with Gasteiger partial charge in [-0.05, 0) is 24.3 Å². The van der Waals surface area contributed by atoms with Gasteiger partial charge in [-0.1, -0.05) is 6.07 Å². The highest BCUT2D eigenvalue weighted by Crippen LogP contribution is 2.20. The van der Waals surface area contributed by atoms with Crippen molar-refractivity contribution in [1.82, 2.24) is 9.71 Å². The number of carbonyl (C=O) groups is 1. The summed E-state index contributed by atoms with van der Waals surface area (Å²) in [6, 6.07) is 7.90. The number of nitrogens with one attached hydrogen (secondary N) is 1. The number of rotatable bonds is 4. The SMILES string of the molecule is O=C(O)CNS(=O)(=O)c1cccc2ncccc12. The van der Waals surface area contributed by atoms with Crippen LogP contribution in [0.4, 0.5) is 0 Å². The molecule has 1 aromatic heterocycles. The molecule has 6 nitrogen and oxygen atoms in total. The van der Waals surface area contributed by atoms with Gasteiger partial charge < -0.3 is 5.11 Å². The second-order valence-electron chi connectivity index (χ2n) is 3.54. The molecular weight excluding hydrogens is 256 g/mol. The molecule has 0 unspecified atom stereocenters. The summed E-state index contributed by atoms with van der Waals surface area (Å²) in [5, 5.41) is 8.95. The van der Waals surface area contributed by atoms with Crippen LogP contribution in [0.15, 0.2) is 41.4 Å². The lowest BCUT2D eigenvalue weighted by Crippen LogP contribution is -2.29. The molecule has 1 heterocycles. The average molecular weight is 266 g/mol. The van der Waals surface area contributed by atoms with Crippen molar-refractivity contribution in [2.24, 2.45) is 0 Å². The number of carboxylic acids is 1. The van der Waals surface area contributed by atoms with Crippen LogP contribution >= 0.6 is 0 Å². The molecule has 0 aliphatic heterocycles. The number of aromatic nitrogens is 1. The van der Waals surface area contributed by atoms with Gasteiger partial charge in [-0.25, -0.2) is 8.42 Å². The molecule has 0 amide bonds. The zero-order valence-corrected chi connectivity index (χ0v) is 10.0. The molecule has 0 spiro atoms. The first-order valence-corrected chi connectivity index (χ1v) is 6.54. The van der Waals surface area contributed by atoms with E-state index in [9.17, 15) is 13.2 Å². The van der Waals surface area contributed by atoms with Crippen molar-refractivity contribution in [1.29, 1.82) is 0 Å². The van der Waals surface area contributed by atoms with Crippen LogP contribution in [-0.2, 0) is 14.8 Å². The van der Waals surface area contributed by atoms with Crippen molar-refractivity contribution in [3.8, 4) is 0 Å². The minimum absolute atomic E-state index is 0.0225. The summed E-state index contributed by atoms with van der Waals surface area (Å²) in [7, 11) is -3.85.